The van der Waals surface area contributed by atoms with Crippen molar-refractivity contribution in [3.05, 3.63) is 35.9 Å². The minimum atomic E-state index is -0.767. The first-order chi connectivity index (χ1) is 8.79. The number of hydrogen-bond acceptors (Lipinski definition) is 5. The molecular formula is C13H16O5. The third-order valence-electron chi connectivity index (χ3n) is 3.29. The molecule has 98 valence electrons. The summed E-state index contributed by atoms with van der Waals surface area (Å²) in [5.41, 5.74) is 1.05. The highest BCUT2D eigenvalue weighted by Gasteiger charge is 2.57. The zero-order valence-electron chi connectivity index (χ0n) is 9.81. The number of aliphatic hydroxyl groups is 2. The largest absolute Gasteiger partial charge is 0.394 e. The number of rotatable bonds is 4. The molecule has 3 rings (SSSR count). The van der Waals surface area contributed by atoms with Crippen molar-refractivity contribution in [2.45, 2.75) is 37.3 Å². The van der Waals surface area contributed by atoms with Crippen LogP contribution in [0.3, 0.4) is 0 Å². The van der Waals surface area contributed by atoms with Gasteiger partial charge in [0.05, 0.1) is 13.2 Å². The number of epoxide rings is 1. The third-order valence-corrected chi connectivity index (χ3v) is 3.29. The first-order valence-corrected chi connectivity index (χ1v) is 6.05. The lowest BCUT2D eigenvalue weighted by molar-refractivity contribution is -0.222. The van der Waals surface area contributed by atoms with E-state index >= 15 is 0 Å². The maximum atomic E-state index is 9.72. The zero-order chi connectivity index (χ0) is 12.5. The predicted molar refractivity (Wildman–Crippen MR) is 61.6 cm³/mol. The Kier molecular flexibility index (Phi) is 3.32. The Balaban J connectivity index is 1.57. The van der Waals surface area contributed by atoms with Gasteiger partial charge in [0.2, 0.25) is 0 Å². The van der Waals surface area contributed by atoms with Gasteiger partial charge in [-0.15, -0.1) is 0 Å². The van der Waals surface area contributed by atoms with E-state index < -0.39 is 18.5 Å². The summed E-state index contributed by atoms with van der Waals surface area (Å²) in [5.74, 6) is 0. The van der Waals surface area contributed by atoms with Crippen molar-refractivity contribution in [1.29, 1.82) is 0 Å². The van der Waals surface area contributed by atoms with Crippen LogP contribution in [0.4, 0.5) is 0 Å². The number of hydrogen-bond donors (Lipinski definition) is 2. The van der Waals surface area contributed by atoms with Crippen molar-refractivity contribution in [3.8, 4) is 0 Å². The molecule has 0 amide bonds. The SMILES string of the molecule is OC[C@H]1O[C@@H](OCc2ccccc2)[C@H]2O[C@H]2[C@@H]1O. The molecule has 2 saturated heterocycles. The highest BCUT2D eigenvalue weighted by molar-refractivity contribution is 5.13. The summed E-state index contributed by atoms with van der Waals surface area (Å²) in [5, 5.41) is 18.8. The summed E-state index contributed by atoms with van der Waals surface area (Å²) in [6, 6.07) is 9.76. The summed E-state index contributed by atoms with van der Waals surface area (Å²) in [6.07, 6.45) is -2.40. The smallest absolute Gasteiger partial charge is 0.187 e. The Morgan fingerprint density at radius 2 is 1.89 bits per heavy atom. The van der Waals surface area contributed by atoms with E-state index in [-0.39, 0.29) is 18.8 Å². The zero-order valence-corrected chi connectivity index (χ0v) is 9.81. The Morgan fingerprint density at radius 3 is 2.61 bits per heavy atom. The Morgan fingerprint density at radius 1 is 1.11 bits per heavy atom. The number of ether oxygens (including phenoxy) is 3. The molecule has 2 N–H and O–H groups in total. The van der Waals surface area contributed by atoms with Gasteiger partial charge in [-0.1, -0.05) is 30.3 Å². The second kappa shape index (κ2) is 4.95. The highest BCUT2D eigenvalue weighted by Crippen LogP contribution is 2.38. The summed E-state index contributed by atoms with van der Waals surface area (Å²) in [4.78, 5) is 0. The van der Waals surface area contributed by atoms with Gasteiger partial charge in [-0.05, 0) is 5.56 Å². The fraction of sp³-hybridized carbons (Fsp3) is 0.538. The van der Waals surface area contributed by atoms with Crippen LogP contribution in [-0.4, -0.2) is 47.5 Å². The normalized spacial score (nSPS) is 38.2. The number of fused-ring (bicyclic) bond motifs is 1. The van der Waals surface area contributed by atoms with Crippen LogP contribution in [0, 0.1) is 0 Å². The third kappa shape index (κ3) is 2.28. The summed E-state index contributed by atoms with van der Waals surface area (Å²) in [6.45, 7) is 0.186. The molecule has 0 spiro atoms. The molecule has 0 aliphatic carbocycles. The van der Waals surface area contributed by atoms with Gasteiger partial charge in [0.1, 0.15) is 24.4 Å². The monoisotopic (exact) mass is 252 g/mol. The van der Waals surface area contributed by atoms with E-state index in [1.165, 1.54) is 0 Å². The van der Waals surface area contributed by atoms with E-state index in [2.05, 4.69) is 0 Å². The number of aliphatic hydroxyl groups excluding tert-OH is 2. The molecule has 0 saturated carbocycles. The molecule has 1 aromatic carbocycles. The van der Waals surface area contributed by atoms with E-state index in [4.69, 9.17) is 19.3 Å². The molecule has 5 nitrogen and oxygen atoms in total. The van der Waals surface area contributed by atoms with Gasteiger partial charge in [0.25, 0.3) is 0 Å². The second-order valence-electron chi connectivity index (χ2n) is 4.58. The molecule has 2 fully saturated rings. The lowest BCUT2D eigenvalue weighted by Gasteiger charge is -2.29. The lowest BCUT2D eigenvalue weighted by Crippen LogP contribution is -2.47. The minimum Gasteiger partial charge on any atom is -0.394 e. The molecule has 1 aromatic rings. The molecule has 2 heterocycles. The standard InChI is InChI=1S/C13H16O5/c14-6-9-10(15)11-12(18-11)13(17-9)16-7-8-4-2-1-3-5-8/h1-5,9-15H,6-7H2/t9-,10-,11+,12+,13-/m1/s1. The lowest BCUT2D eigenvalue weighted by atomic mass is 10.1. The fourth-order valence-corrected chi connectivity index (χ4v) is 2.21. The molecular weight excluding hydrogens is 236 g/mol. The maximum absolute atomic E-state index is 9.72. The first-order valence-electron chi connectivity index (χ1n) is 6.05. The van der Waals surface area contributed by atoms with Crippen molar-refractivity contribution >= 4 is 0 Å². The van der Waals surface area contributed by atoms with Crippen LogP contribution in [0.5, 0.6) is 0 Å². The van der Waals surface area contributed by atoms with Crippen LogP contribution >= 0.6 is 0 Å². The van der Waals surface area contributed by atoms with Crippen LogP contribution in [-0.2, 0) is 20.8 Å². The van der Waals surface area contributed by atoms with Gasteiger partial charge in [0.15, 0.2) is 6.29 Å². The van der Waals surface area contributed by atoms with E-state index in [1.54, 1.807) is 0 Å². The molecule has 0 radical (unpaired) electrons. The molecule has 0 bridgehead atoms. The van der Waals surface area contributed by atoms with Gasteiger partial charge < -0.3 is 24.4 Å². The Hall–Kier alpha value is -0.980. The predicted octanol–water partition coefficient (Wildman–Crippen LogP) is 0.0487. The minimum absolute atomic E-state index is 0.216. The summed E-state index contributed by atoms with van der Waals surface area (Å²) < 4.78 is 16.4. The van der Waals surface area contributed by atoms with Crippen molar-refractivity contribution in [2.75, 3.05) is 6.61 Å². The van der Waals surface area contributed by atoms with Crippen molar-refractivity contribution < 1.29 is 24.4 Å². The first kappa shape index (κ1) is 12.1. The Bertz CT molecular complexity index is 396. The molecule has 2 aliphatic heterocycles. The number of benzene rings is 1. The quantitative estimate of drug-likeness (QED) is 0.741. The highest BCUT2D eigenvalue weighted by atomic mass is 16.7. The van der Waals surface area contributed by atoms with Gasteiger partial charge in [-0.2, -0.15) is 0 Å². The van der Waals surface area contributed by atoms with E-state index in [0.717, 1.165) is 5.56 Å². The summed E-state index contributed by atoms with van der Waals surface area (Å²) in [7, 11) is 0. The molecule has 18 heavy (non-hydrogen) atoms. The van der Waals surface area contributed by atoms with Crippen molar-refractivity contribution in [1.82, 2.24) is 0 Å². The van der Waals surface area contributed by atoms with Gasteiger partial charge in [-0.3, -0.25) is 0 Å². The topological polar surface area (TPSA) is 71.5 Å². The Labute approximate surface area is 105 Å². The van der Waals surface area contributed by atoms with Crippen molar-refractivity contribution in [3.63, 3.8) is 0 Å². The van der Waals surface area contributed by atoms with Crippen LogP contribution in [0.15, 0.2) is 30.3 Å². The average Bonchev–Trinajstić information content (AvgIpc) is 3.20. The van der Waals surface area contributed by atoms with Gasteiger partial charge in [0, 0.05) is 0 Å². The van der Waals surface area contributed by atoms with Crippen LogP contribution in [0.25, 0.3) is 0 Å². The van der Waals surface area contributed by atoms with Crippen LogP contribution in [0.1, 0.15) is 5.56 Å². The van der Waals surface area contributed by atoms with E-state index in [1.807, 2.05) is 30.3 Å². The van der Waals surface area contributed by atoms with Gasteiger partial charge >= 0.3 is 0 Å². The average molecular weight is 252 g/mol. The molecule has 2 aliphatic rings. The van der Waals surface area contributed by atoms with Crippen LogP contribution in [0.2, 0.25) is 0 Å². The van der Waals surface area contributed by atoms with Gasteiger partial charge in [-0.25, -0.2) is 0 Å². The molecule has 5 atom stereocenters. The maximum Gasteiger partial charge on any atom is 0.187 e. The van der Waals surface area contributed by atoms with Crippen molar-refractivity contribution in [2.24, 2.45) is 0 Å². The van der Waals surface area contributed by atoms with Crippen LogP contribution < -0.4 is 0 Å². The second-order valence-corrected chi connectivity index (χ2v) is 4.58. The molecule has 0 unspecified atom stereocenters. The molecule has 0 aromatic heterocycles. The molecule has 5 heteroatoms. The van der Waals surface area contributed by atoms with E-state index in [0.29, 0.717) is 6.61 Å². The fourth-order valence-electron chi connectivity index (χ4n) is 2.21. The summed E-state index contributed by atoms with van der Waals surface area (Å²) >= 11 is 0. The van der Waals surface area contributed by atoms with E-state index in [9.17, 15) is 5.11 Å².